The molecule has 0 aliphatic rings. The number of aliphatic carboxylic acids is 1. The van der Waals surface area contributed by atoms with Crippen LogP contribution in [0, 0.1) is 0 Å². The first-order chi connectivity index (χ1) is 12.8. The summed E-state index contributed by atoms with van der Waals surface area (Å²) in [6.45, 7) is -0.888. The second kappa shape index (κ2) is 11.9. The minimum absolute atomic E-state index is 0.237. The van der Waals surface area contributed by atoms with Crippen molar-refractivity contribution in [2.45, 2.75) is 24.9 Å². The molecule has 0 aliphatic heterocycles. The predicted molar refractivity (Wildman–Crippen MR) is 98.9 cm³/mol. The van der Waals surface area contributed by atoms with Crippen LogP contribution in [-0.4, -0.2) is 75.9 Å². The van der Waals surface area contributed by atoms with Gasteiger partial charge in [-0.2, -0.15) is 11.8 Å². The topological polar surface area (TPSA) is 179 Å². The second-order valence-corrected chi connectivity index (χ2v) is 6.60. The van der Waals surface area contributed by atoms with Crippen LogP contribution < -0.4 is 21.7 Å². The number of aromatic nitrogens is 2. The lowest BCUT2D eigenvalue weighted by Crippen LogP contribution is -2.51. The van der Waals surface area contributed by atoms with Gasteiger partial charge in [0.2, 0.25) is 17.7 Å². The smallest absolute Gasteiger partial charge is 0.322 e. The molecular weight excluding hydrogens is 376 g/mol. The van der Waals surface area contributed by atoms with Crippen molar-refractivity contribution in [1.29, 1.82) is 0 Å². The number of carboxylic acids is 1. The van der Waals surface area contributed by atoms with Gasteiger partial charge in [0.25, 0.3) is 0 Å². The Kier molecular flexibility index (Phi) is 9.90. The van der Waals surface area contributed by atoms with E-state index in [2.05, 4.69) is 25.9 Å². The van der Waals surface area contributed by atoms with Gasteiger partial charge in [-0.15, -0.1) is 0 Å². The van der Waals surface area contributed by atoms with Crippen molar-refractivity contribution in [3.63, 3.8) is 0 Å². The molecule has 1 heterocycles. The number of thioether (sulfide) groups is 1. The molecule has 150 valence electrons. The van der Waals surface area contributed by atoms with Gasteiger partial charge in [0.05, 0.1) is 18.9 Å². The summed E-state index contributed by atoms with van der Waals surface area (Å²) in [6.07, 6.45) is 5.42. The van der Waals surface area contributed by atoms with E-state index in [9.17, 15) is 19.2 Å². The van der Waals surface area contributed by atoms with Gasteiger partial charge in [-0.05, 0) is 18.4 Å². The van der Waals surface area contributed by atoms with E-state index in [1.165, 1.54) is 18.1 Å². The van der Waals surface area contributed by atoms with Crippen molar-refractivity contribution in [2.75, 3.05) is 25.1 Å². The maximum atomic E-state index is 12.0. The molecule has 1 rings (SSSR count). The molecule has 2 atom stereocenters. The standard InChI is InChI=1S/C15H24N6O5S/c1-27-3-2-11(15(26)19-7-13(23)24)21-12(22)6-18-14(25)10(16)4-9-5-17-8-20-9/h5,8,10-11H,2-4,6-7,16H2,1H3,(H,17,20)(H,18,25)(H,19,26)(H,21,22)(H,23,24). The molecule has 3 amide bonds. The molecule has 27 heavy (non-hydrogen) atoms. The highest BCUT2D eigenvalue weighted by Gasteiger charge is 2.22. The molecule has 0 fully saturated rings. The Morgan fingerprint density at radius 1 is 1.26 bits per heavy atom. The normalized spacial score (nSPS) is 12.7. The van der Waals surface area contributed by atoms with E-state index in [0.29, 0.717) is 17.9 Å². The zero-order valence-electron chi connectivity index (χ0n) is 14.9. The lowest BCUT2D eigenvalue weighted by atomic mass is 10.1. The van der Waals surface area contributed by atoms with Crippen LogP contribution in [0.5, 0.6) is 0 Å². The minimum atomic E-state index is -1.18. The van der Waals surface area contributed by atoms with Gasteiger partial charge >= 0.3 is 5.97 Å². The monoisotopic (exact) mass is 400 g/mol. The zero-order chi connectivity index (χ0) is 20.2. The quantitative estimate of drug-likeness (QED) is 0.229. The number of H-pyrrole nitrogens is 1. The van der Waals surface area contributed by atoms with Crippen LogP contribution >= 0.6 is 11.8 Å². The van der Waals surface area contributed by atoms with E-state index < -0.39 is 42.3 Å². The fraction of sp³-hybridized carbons (Fsp3) is 0.533. The van der Waals surface area contributed by atoms with Gasteiger partial charge in [0.15, 0.2) is 0 Å². The maximum Gasteiger partial charge on any atom is 0.322 e. The fourth-order valence-corrected chi connectivity index (χ4v) is 2.53. The number of nitrogens with zero attached hydrogens (tertiary/aromatic N) is 1. The van der Waals surface area contributed by atoms with Crippen molar-refractivity contribution >= 4 is 35.5 Å². The number of hydrogen-bond acceptors (Lipinski definition) is 7. The Bertz CT molecular complexity index is 639. The molecule has 0 spiro atoms. The summed E-state index contributed by atoms with van der Waals surface area (Å²) in [7, 11) is 0. The van der Waals surface area contributed by atoms with Crippen LogP contribution in [0.3, 0.4) is 0 Å². The van der Waals surface area contributed by atoms with Crippen LogP contribution in [-0.2, 0) is 25.6 Å². The van der Waals surface area contributed by atoms with Gasteiger partial charge in [-0.1, -0.05) is 0 Å². The number of carbonyl (C=O) groups is 4. The van der Waals surface area contributed by atoms with E-state index >= 15 is 0 Å². The van der Waals surface area contributed by atoms with Gasteiger partial charge in [-0.3, -0.25) is 19.2 Å². The third-order valence-electron chi connectivity index (χ3n) is 3.43. The first-order valence-corrected chi connectivity index (χ1v) is 9.51. The molecule has 12 heteroatoms. The van der Waals surface area contributed by atoms with Crippen molar-refractivity contribution in [1.82, 2.24) is 25.9 Å². The molecule has 2 unspecified atom stereocenters. The molecule has 1 aromatic heterocycles. The summed E-state index contributed by atoms with van der Waals surface area (Å²) >= 11 is 1.48. The molecule has 0 saturated carbocycles. The number of amides is 3. The van der Waals surface area contributed by atoms with Crippen LogP contribution in [0.25, 0.3) is 0 Å². The number of imidazole rings is 1. The molecular formula is C15H24N6O5S. The molecule has 11 nitrogen and oxygen atoms in total. The summed E-state index contributed by atoms with van der Waals surface area (Å²) < 4.78 is 0. The SMILES string of the molecule is CSCCC(NC(=O)CNC(=O)C(N)Cc1cnc[nH]1)C(=O)NCC(=O)O. The summed E-state index contributed by atoms with van der Waals surface area (Å²) in [5, 5.41) is 15.7. The average Bonchev–Trinajstić information content (AvgIpc) is 3.13. The van der Waals surface area contributed by atoms with E-state index in [4.69, 9.17) is 10.8 Å². The van der Waals surface area contributed by atoms with E-state index in [1.54, 1.807) is 6.20 Å². The Morgan fingerprint density at radius 2 is 1.96 bits per heavy atom. The number of nitrogens with two attached hydrogens (primary N) is 1. The summed E-state index contributed by atoms with van der Waals surface area (Å²) in [5.41, 5.74) is 6.45. The number of aromatic amines is 1. The van der Waals surface area contributed by atoms with E-state index in [1.807, 2.05) is 6.26 Å². The Morgan fingerprint density at radius 3 is 2.56 bits per heavy atom. The molecule has 0 aromatic carbocycles. The predicted octanol–water partition coefficient (Wildman–Crippen LogP) is -2.17. The molecule has 1 aromatic rings. The number of carbonyl (C=O) groups excluding carboxylic acids is 3. The van der Waals surface area contributed by atoms with Gasteiger partial charge in [0, 0.05) is 18.3 Å². The largest absolute Gasteiger partial charge is 0.480 e. The summed E-state index contributed by atoms with van der Waals surface area (Å²) in [6, 6.07) is -1.75. The Balaban J connectivity index is 2.45. The lowest BCUT2D eigenvalue weighted by Gasteiger charge is -2.18. The van der Waals surface area contributed by atoms with Crippen LogP contribution in [0.15, 0.2) is 12.5 Å². The summed E-state index contributed by atoms with van der Waals surface area (Å²) in [4.78, 5) is 53.2. The highest BCUT2D eigenvalue weighted by molar-refractivity contribution is 7.98. The Labute approximate surface area is 160 Å². The zero-order valence-corrected chi connectivity index (χ0v) is 15.7. The fourth-order valence-electron chi connectivity index (χ4n) is 2.06. The Hall–Kier alpha value is -2.60. The molecule has 0 radical (unpaired) electrons. The maximum absolute atomic E-state index is 12.0. The van der Waals surface area contributed by atoms with Gasteiger partial charge < -0.3 is 31.8 Å². The van der Waals surface area contributed by atoms with Crippen LogP contribution in [0.2, 0.25) is 0 Å². The highest BCUT2D eigenvalue weighted by Crippen LogP contribution is 2.01. The second-order valence-electron chi connectivity index (χ2n) is 5.62. The third kappa shape index (κ3) is 9.06. The van der Waals surface area contributed by atoms with Crippen molar-refractivity contribution in [3.8, 4) is 0 Å². The van der Waals surface area contributed by atoms with Crippen molar-refractivity contribution in [3.05, 3.63) is 18.2 Å². The van der Waals surface area contributed by atoms with E-state index in [0.717, 1.165) is 0 Å². The van der Waals surface area contributed by atoms with Gasteiger partial charge in [0.1, 0.15) is 12.6 Å². The van der Waals surface area contributed by atoms with Gasteiger partial charge in [-0.25, -0.2) is 4.98 Å². The van der Waals surface area contributed by atoms with Crippen LogP contribution in [0.4, 0.5) is 0 Å². The lowest BCUT2D eigenvalue weighted by molar-refractivity contribution is -0.138. The molecule has 0 aliphatic carbocycles. The van der Waals surface area contributed by atoms with Crippen molar-refractivity contribution in [2.24, 2.45) is 5.73 Å². The minimum Gasteiger partial charge on any atom is -0.480 e. The molecule has 0 bridgehead atoms. The third-order valence-corrected chi connectivity index (χ3v) is 4.07. The highest BCUT2D eigenvalue weighted by atomic mass is 32.2. The van der Waals surface area contributed by atoms with Crippen LogP contribution in [0.1, 0.15) is 12.1 Å². The number of rotatable bonds is 12. The molecule has 7 N–H and O–H groups in total. The molecule has 0 saturated heterocycles. The average molecular weight is 400 g/mol. The van der Waals surface area contributed by atoms with E-state index in [-0.39, 0.29) is 13.0 Å². The summed E-state index contributed by atoms with van der Waals surface area (Å²) in [5.74, 6) is -2.28. The first kappa shape index (κ1) is 22.4. The number of nitrogens with one attached hydrogen (secondary N) is 4. The number of hydrogen-bond donors (Lipinski definition) is 6. The van der Waals surface area contributed by atoms with Crippen molar-refractivity contribution < 1.29 is 24.3 Å². The number of carboxylic acid groups (broad SMARTS) is 1. The first-order valence-electron chi connectivity index (χ1n) is 8.11.